The average Bonchev–Trinajstić information content (AvgIpc) is 2.57. The van der Waals surface area contributed by atoms with Crippen molar-refractivity contribution in [3.63, 3.8) is 0 Å². The molecule has 80 valence electrons. The molecule has 1 heterocycles. The van der Waals surface area contributed by atoms with Crippen LogP contribution in [0.15, 0.2) is 17.5 Å². The van der Waals surface area contributed by atoms with Crippen molar-refractivity contribution in [2.75, 3.05) is 13.6 Å². The lowest BCUT2D eigenvalue weighted by atomic mass is 9.80. The minimum atomic E-state index is 0.217. The van der Waals surface area contributed by atoms with Crippen molar-refractivity contribution >= 4 is 11.3 Å². The average molecular weight is 212 g/mol. The van der Waals surface area contributed by atoms with Gasteiger partial charge in [-0.2, -0.15) is 0 Å². The predicted molar refractivity (Wildman–Crippen MR) is 63.6 cm³/mol. The summed E-state index contributed by atoms with van der Waals surface area (Å²) in [4.78, 5) is 1.39. The second-order valence-corrected chi connectivity index (χ2v) is 5.24. The largest absolute Gasteiger partial charge is 0.330 e. The van der Waals surface area contributed by atoms with Gasteiger partial charge < -0.3 is 11.1 Å². The Labute approximate surface area is 90.5 Å². The quantitative estimate of drug-likeness (QED) is 0.786. The van der Waals surface area contributed by atoms with E-state index in [9.17, 15) is 0 Å². The maximum absolute atomic E-state index is 5.64. The van der Waals surface area contributed by atoms with Gasteiger partial charge in [-0.3, -0.25) is 0 Å². The van der Waals surface area contributed by atoms with Crippen LogP contribution in [0.2, 0.25) is 0 Å². The van der Waals surface area contributed by atoms with E-state index in [0.29, 0.717) is 6.04 Å². The highest BCUT2D eigenvalue weighted by Crippen LogP contribution is 2.37. The van der Waals surface area contributed by atoms with E-state index in [-0.39, 0.29) is 5.41 Å². The zero-order chi connectivity index (χ0) is 10.6. The highest BCUT2D eigenvalue weighted by molar-refractivity contribution is 7.10. The van der Waals surface area contributed by atoms with Crippen LogP contribution in [0, 0.1) is 5.41 Å². The lowest BCUT2D eigenvalue weighted by Gasteiger charge is -2.33. The van der Waals surface area contributed by atoms with Gasteiger partial charge in [0.2, 0.25) is 0 Å². The van der Waals surface area contributed by atoms with Gasteiger partial charge in [0.25, 0.3) is 0 Å². The molecule has 0 fully saturated rings. The first-order chi connectivity index (χ1) is 6.61. The van der Waals surface area contributed by atoms with Crippen molar-refractivity contribution in [3.05, 3.63) is 22.4 Å². The van der Waals surface area contributed by atoms with Crippen LogP contribution in [-0.2, 0) is 0 Å². The molecule has 1 rings (SSSR count). The highest BCUT2D eigenvalue weighted by atomic mass is 32.1. The molecular formula is C11H20N2S. The van der Waals surface area contributed by atoms with Crippen molar-refractivity contribution < 1.29 is 0 Å². The van der Waals surface area contributed by atoms with Crippen LogP contribution in [0.5, 0.6) is 0 Å². The molecule has 0 saturated carbocycles. The van der Waals surface area contributed by atoms with Crippen LogP contribution in [0.25, 0.3) is 0 Å². The Bertz CT molecular complexity index is 254. The van der Waals surface area contributed by atoms with Gasteiger partial charge >= 0.3 is 0 Å². The van der Waals surface area contributed by atoms with Crippen LogP contribution in [0.1, 0.15) is 31.2 Å². The molecule has 1 atom stereocenters. The Hall–Kier alpha value is -0.380. The van der Waals surface area contributed by atoms with Gasteiger partial charge in [0.15, 0.2) is 0 Å². The van der Waals surface area contributed by atoms with Crippen molar-refractivity contribution in [2.24, 2.45) is 11.1 Å². The normalized spacial score (nSPS) is 14.3. The second kappa shape index (κ2) is 4.91. The molecule has 0 radical (unpaired) electrons. The topological polar surface area (TPSA) is 38.0 Å². The molecule has 2 nitrogen and oxygen atoms in total. The van der Waals surface area contributed by atoms with Gasteiger partial charge in [-0.25, -0.2) is 0 Å². The lowest BCUT2D eigenvalue weighted by Crippen LogP contribution is -2.33. The first-order valence-corrected chi connectivity index (χ1v) is 5.90. The summed E-state index contributed by atoms with van der Waals surface area (Å²) in [5.41, 5.74) is 5.85. The predicted octanol–water partition coefficient (Wildman–Crippen LogP) is 2.38. The maximum atomic E-state index is 5.64. The third-order valence-electron chi connectivity index (χ3n) is 2.69. The third kappa shape index (κ3) is 2.56. The summed E-state index contributed by atoms with van der Waals surface area (Å²) in [7, 11) is 2.02. The molecule has 0 aliphatic rings. The van der Waals surface area contributed by atoms with Crippen LogP contribution < -0.4 is 11.1 Å². The van der Waals surface area contributed by atoms with E-state index in [1.807, 2.05) is 7.05 Å². The molecule has 0 bridgehead atoms. The first-order valence-electron chi connectivity index (χ1n) is 5.02. The van der Waals surface area contributed by atoms with Gasteiger partial charge in [0.05, 0.1) is 0 Å². The first kappa shape index (κ1) is 11.7. The SMILES string of the molecule is CNC(c1cccs1)C(C)(C)CCN. The molecule has 3 heteroatoms. The Kier molecular flexibility index (Phi) is 4.11. The van der Waals surface area contributed by atoms with Crippen molar-refractivity contribution in [2.45, 2.75) is 26.3 Å². The molecule has 0 aliphatic heterocycles. The molecule has 14 heavy (non-hydrogen) atoms. The number of thiophene rings is 1. The maximum Gasteiger partial charge on any atom is 0.0464 e. The molecule has 3 N–H and O–H groups in total. The smallest absolute Gasteiger partial charge is 0.0464 e. The Morgan fingerprint density at radius 2 is 2.29 bits per heavy atom. The summed E-state index contributed by atoms with van der Waals surface area (Å²) in [6.07, 6.45) is 1.04. The number of nitrogens with two attached hydrogens (primary N) is 1. The highest BCUT2D eigenvalue weighted by Gasteiger charge is 2.29. The molecule has 1 aromatic heterocycles. The molecule has 0 spiro atoms. The van der Waals surface area contributed by atoms with Gasteiger partial charge in [-0.15, -0.1) is 11.3 Å². The minimum Gasteiger partial charge on any atom is -0.330 e. The number of rotatable bonds is 5. The number of hydrogen-bond donors (Lipinski definition) is 2. The van der Waals surface area contributed by atoms with Crippen LogP contribution in [0.4, 0.5) is 0 Å². The van der Waals surface area contributed by atoms with E-state index in [1.54, 1.807) is 11.3 Å². The Balaban J connectivity index is 2.81. The van der Waals surface area contributed by atoms with E-state index in [2.05, 4.69) is 36.7 Å². The standard InChI is InChI=1S/C11H20N2S/c1-11(2,6-7-12)10(13-3)9-5-4-8-14-9/h4-5,8,10,13H,6-7,12H2,1-3H3. The molecule has 0 aromatic carbocycles. The monoisotopic (exact) mass is 212 g/mol. The summed E-state index contributed by atoms with van der Waals surface area (Å²) in [6.45, 7) is 5.28. The zero-order valence-corrected chi connectivity index (χ0v) is 10.0. The molecule has 0 amide bonds. The minimum absolute atomic E-state index is 0.217. The Morgan fingerprint density at radius 1 is 1.57 bits per heavy atom. The van der Waals surface area contributed by atoms with E-state index in [4.69, 9.17) is 5.73 Å². The van der Waals surface area contributed by atoms with Gasteiger partial charge in [0.1, 0.15) is 0 Å². The molecular weight excluding hydrogens is 192 g/mol. The van der Waals surface area contributed by atoms with Gasteiger partial charge in [0, 0.05) is 10.9 Å². The Morgan fingerprint density at radius 3 is 2.71 bits per heavy atom. The second-order valence-electron chi connectivity index (χ2n) is 4.26. The van der Waals surface area contributed by atoms with Crippen LogP contribution >= 0.6 is 11.3 Å². The fourth-order valence-corrected chi connectivity index (χ4v) is 2.93. The van der Waals surface area contributed by atoms with Crippen molar-refractivity contribution in [1.82, 2.24) is 5.32 Å². The summed E-state index contributed by atoms with van der Waals surface area (Å²) < 4.78 is 0. The lowest BCUT2D eigenvalue weighted by molar-refractivity contribution is 0.242. The van der Waals surface area contributed by atoms with E-state index in [0.717, 1.165) is 13.0 Å². The fourth-order valence-electron chi connectivity index (χ4n) is 1.89. The fraction of sp³-hybridized carbons (Fsp3) is 0.636. The van der Waals surface area contributed by atoms with Crippen molar-refractivity contribution in [3.8, 4) is 0 Å². The van der Waals surface area contributed by atoms with Gasteiger partial charge in [-0.1, -0.05) is 19.9 Å². The zero-order valence-electron chi connectivity index (χ0n) is 9.21. The molecule has 0 saturated heterocycles. The van der Waals surface area contributed by atoms with E-state index in [1.165, 1.54) is 4.88 Å². The number of hydrogen-bond acceptors (Lipinski definition) is 3. The molecule has 1 aromatic rings. The molecule has 0 aliphatic carbocycles. The summed E-state index contributed by atoms with van der Waals surface area (Å²) in [5, 5.41) is 5.51. The van der Waals surface area contributed by atoms with Gasteiger partial charge in [-0.05, 0) is 36.9 Å². The van der Waals surface area contributed by atoms with Crippen LogP contribution in [0.3, 0.4) is 0 Å². The van der Waals surface area contributed by atoms with Crippen molar-refractivity contribution in [1.29, 1.82) is 0 Å². The van der Waals surface area contributed by atoms with E-state index >= 15 is 0 Å². The summed E-state index contributed by atoms with van der Waals surface area (Å²) >= 11 is 1.81. The van der Waals surface area contributed by atoms with E-state index < -0.39 is 0 Å². The summed E-state index contributed by atoms with van der Waals surface area (Å²) in [6, 6.07) is 4.69. The summed E-state index contributed by atoms with van der Waals surface area (Å²) in [5.74, 6) is 0. The third-order valence-corrected chi connectivity index (χ3v) is 3.62. The molecule has 1 unspecified atom stereocenters. The number of nitrogens with one attached hydrogen (secondary N) is 1. The van der Waals surface area contributed by atoms with Crippen LogP contribution in [-0.4, -0.2) is 13.6 Å².